The van der Waals surface area contributed by atoms with Crippen LogP contribution in [0, 0.1) is 16.6 Å². The van der Waals surface area contributed by atoms with Gasteiger partial charge in [0.25, 0.3) is 0 Å². The molecule has 2 aromatic carbocycles. The van der Waals surface area contributed by atoms with Gasteiger partial charge < -0.3 is 10.0 Å². The van der Waals surface area contributed by atoms with Gasteiger partial charge in [-0.05, 0) is 73.9 Å². The quantitative estimate of drug-likeness (QED) is 0.341. The molecule has 0 radical (unpaired) electrons. The number of likely N-dealkylation sites (tertiary alicyclic amines) is 1. The minimum Gasteiger partial charge on any atom is -0.481 e. The molecule has 2 atom stereocenters. The number of hydrogen-bond donors (Lipinski definition) is 1. The Labute approximate surface area is 239 Å². The number of rotatable bonds is 5. The summed E-state index contributed by atoms with van der Waals surface area (Å²) in [5, 5.41) is 9.46. The summed E-state index contributed by atoms with van der Waals surface area (Å²) in [4.78, 5) is 26.3. The molecule has 2 aromatic rings. The van der Waals surface area contributed by atoms with E-state index in [0.29, 0.717) is 6.07 Å². The van der Waals surface area contributed by atoms with Crippen molar-refractivity contribution >= 4 is 21.7 Å². The summed E-state index contributed by atoms with van der Waals surface area (Å²) in [5.41, 5.74) is -9.91. The van der Waals surface area contributed by atoms with Gasteiger partial charge in [-0.2, -0.15) is 26.3 Å². The number of alkyl halides is 7. The van der Waals surface area contributed by atoms with Crippen LogP contribution in [0.25, 0.3) is 0 Å². The zero-order valence-electron chi connectivity index (χ0n) is 22.0. The standard InChI is InChI=1S/C28H23F8NO5S/c29-17-3-5-18(6-4-17)43(41,42)25-9-10-37(21(38)23-12-24(13-23,14-23)22(39)40)20(25)8-1-15-11-16(2-7-19(15)25)26(30,27(31,32)33)28(34,35)36/h2-7,11,20H,1,8-10,12-14H2,(H,39,40)/t20-,23?,24?,25-/m1/s1. The molecule has 2 bridgehead atoms. The van der Waals surface area contributed by atoms with E-state index in [2.05, 4.69) is 0 Å². The van der Waals surface area contributed by atoms with Gasteiger partial charge >= 0.3 is 24.0 Å². The van der Waals surface area contributed by atoms with Gasteiger partial charge in [0.05, 0.1) is 21.8 Å². The van der Waals surface area contributed by atoms with E-state index in [0.717, 1.165) is 30.3 Å². The molecule has 232 valence electrons. The fourth-order valence-electron chi connectivity index (χ4n) is 7.84. The summed E-state index contributed by atoms with van der Waals surface area (Å²) in [6.07, 6.45) is -13.3. The largest absolute Gasteiger partial charge is 0.481 e. The highest BCUT2D eigenvalue weighted by Crippen LogP contribution is 2.74. The van der Waals surface area contributed by atoms with E-state index >= 15 is 0 Å². The molecule has 3 saturated carbocycles. The van der Waals surface area contributed by atoms with E-state index in [4.69, 9.17) is 0 Å². The number of fused-ring (bicyclic) bond motifs is 3. The van der Waals surface area contributed by atoms with Crippen LogP contribution in [-0.2, 0) is 36.3 Å². The van der Waals surface area contributed by atoms with E-state index in [1.165, 1.54) is 4.90 Å². The third kappa shape index (κ3) is 3.65. The number of sulfone groups is 1. The topological polar surface area (TPSA) is 91.8 Å². The Balaban J connectivity index is 1.48. The average Bonchev–Trinajstić information content (AvgIpc) is 3.26. The van der Waals surface area contributed by atoms with E-state index in [9.17, 15) is 58.2 Å². The van der Waals surface area contributed by atoms with Crippen LogP contribution in [0.2, 0.25) is 0 Å². The van der Waals surface area contributed by atoms with Crippen LogP contribution in [0.5, 0.6) is 0 Å². The summed E-state index contributed by atoms with van der Waals surface area (Å²) in [5.74, 6) is -2.27. The van der Waals surface area contributed by atoms with Gasteiger partial charge in [-0.1, -0.05) is 18.2 Å². The molecule has 4 aliphatic carbocycles. The Hall–Kier alpha value is -3.23. The van der Waals surface area contributed by atoms with Crippen molar-refractivity contribution < 1.29 is 58.2 Å². The molecule has 43 heavy (non-hydrogen) atoms. The highest BCUT2D eigenvalue weighted by Gasteiger charge is 2.77. The molecule has 4 fully saturated rings. The first-order chi connectivity index (χ1) is 19.8. The highest BCUT2D eigenvalue weighted by atomic mass is 32.2. The van der Waals surface area contributed by atoms with Gasteiger partial charge in [0.1, 0.15) is 10.6 Å². The summed E-state index contributed by atoms with van der Waals surface area (Å²) in [6.45, 7) is -0.148. The molecule has 7 rings (SSSR count). The predicted molar refractivity (Wildman–Crippen MR) is 131 cm³/mol. The Kier molecular flexibility index (Phi) is 6.03. The summed E-state index contributed by atoms with van der Waals surface area (Å²) >= 11 is 0. The Bertz CT molecular complexity index is 1620. The van der Waals surface area contributed by atoms with Crippen molar-refractivity contribution in [2.45, 2.75) is 72.2 Å². The van der Waals surface area contributed by atoms with Gasteiger partial charge in [-0.3, -0.25) is 9.59 Å². The summed E-state index contributed by atoms with van der Waals surface area (Å²) in [7, 11) is -4.60. The van der Waals surface area contributed by atoms with Gasteiger partial charge in [0.2, 0.25) is 5.91 Å². The molecule has 1 amide bonds. The van der Waals surface area contributed by atoms with Crippen LogP contribution in [0.4, 0.5) is 35.1 Å². The Morgan fingerprint density at radius 3 is 2.00 bits per heavy atom. The lowest BCUT2D eigenvalue weighted by atomic mass is 9.34. The fraction of sp³-hybridized carbons (Fsp3) is 0.500. The number of hydrogen-bond acceptors (Lipinski definition) is 4. The van der Waals surface area contributed by atoms with Crippen LogP contribution >= 0.6 is 0 Å². The van der Waals surface area contributed by atoms with E-state index in [1.54, 1.807) is 0 Å². The normalized spacial score (nSPS) is 30.1. The van der Waals surface area contributed by atoms with Gasteiger partial charge in [0, 0.05) is 12.1 Å². The number of carboxylic acids is 1. The van der Waals surface area contributed by atoms with Crippen LogP contribution in [0.1, 0.15) is 48.8 Å². The molecule has 0 aromatic heterocycles. The molecule has 1 N–H and O–H groups in total. The second kappa shape index (κ2) is 8.69. The van der Waals surface area contributed by atoms with Gasteiger partial charge in [0.15, 0.2) is 9.84 Å². The SMILES string of the molecule is O=C(O)C12CC(C(=O)N3CC[C@@]4(S(=O)(=O)c5ccc(F)cc5)c5ccc(C(F)(C(F)(F)F)C(F)(F)F)cc5CC[C@@H]34)(C1)C2. The first kappa shape index (κ1) is 29.8. The van der Waals surface area contributed by atoms with E-state index in [-0.39, 0.29) is 67.2 Å². The third-order valence-electron chi connectivity index (χ3n) is 9.87. The molecular formula is C28H23F8NO5S. The molecule has 0 spiro atoms. The van der Waals surface area contributed by atoms with Crippen molar-refractivity contribution in [1.82, 2.24) is 4.90 Å². The first-order valence-corrected chi connectivity index (χ1v) is 14.8. The molecule has 6 nitrogen and oxygen atoms in total. The third-order valence-corrected chi connectivity index (χ3v) is 12.4. The average molecular weight is 638 g/mol. The molecule has 1 saturated heterocycles. The van der Waals surface area contributed by atoms with Gasteiger partial charge in [-0.25, -0.2) is 17.2 Å². The number of amides is 1. The molecule has 1 heterocycles. The minimum absolute atomic E-state index is 0.0719. The maximum atomic E-state index is 14.9. The lowest BCUT2D eigenvalue weighted by Crippen LogP contribution is -2.71. The number of halogens is 8. The monoisotopic (exact) mass is 637 g/mol. The molecule has 15 heteroatoms. The smallest absolute Gasteiger partial charge is 0.435 e. The zero-order chi connectivity index (χ0) is 31.6. The maximum Gasteiger partial charge on any atom is 0.435 e. The van der Waals surface area contributed by atoms with E-state index < -0.39 is 72.7 Å². The Morgan fingerprint density at radius 2 is 1.47 bits per heavy atom. The maximum absolute atomic E-state index is 14.9. The van der Waals surface area contributed by atoms with Crippen molar-refractivity contribution in [3.05, 3.63) is 65.0 Å². The zero-order valence-corrected chi connectivity index (χ0v) is 22.8. The van der Waals surface area contributed by atoms with Crippen LogP contribution in [-0.4, -0.2) is 55.2 Å². The highest BCUT2D eigenvalue weighted by molar-refractivity contribution is 7.92. The molecule has 0 unspecified atom stereocenters. The van der Waals surface area contributed by atoms with Crippen LogP contribution < -0.4 is 0 Å². The minimum atomic E-state index is -6.37. The van der Waals surface area contributed by atoms with Crippen LogP contribution in [0.3, 0.4) is 0 Å². The number of carboxylic acid groups (broad SMARTS) is 1. The van der Waals surface area contributed by atoms with Crippen molar-refractivity contribution in [3.8, 4) is 0 Å². The Morgan fingerprint density at radius 1 is 0.884 bits per heavy atom. The lowest BCUT2D eigenvalue weighted by Gasteiger charge is -2.67. The predicted octanol–water partition coefficient (Wildman–Crippen LogP) is 5.59. The fourth-order valence-corrected chi connectivity index (χ4v) is 10.2. The number of benzene rings is 2. The molecule has 5 aliphatic rings. The number of carbonyl (C=O) groups is 2. The summed E-state index contributed by atoms with van der Waals surface area (Å²) in [6, 6.07) is 3.98. The van der Waals surface area contributed by atoms with Crippen molar-refractivity contribution in [2.75, 3.05) is 6.54 Å². The lowest BCUT2D eigenvalue weighted by molar-refractivity contribution is -0.348. The number of carbonyl (C=O) groups excluding carboxylic acids is 1. The van der Waals surface area contributed by atoms with Gasteiger partial charge in [-0.15, -0.1) is 0 Å². The molecule has 1 aliphatic heterocycles. The number of nitrogens with zero attached hydrogens (tertiary/aromatic N) is 1. The van der Waals surface area contributed by atoms with Crippen LogP contribution in [0.15, 0.2) is 47.4 Å². The van der Waals surface area contributed by atoms with Crippen molar-refractivity contribution in [2.24, 2.45) is 10.8 Å². The van der Waals surface area contributed by atoms with Crippen molar-refractivity contribution in [3.63, 3.8) is 0 Å². The van der Waals surface area contributed by atoms with E-state index in [1.807, 2.05) is 0 Å². The second-order valence-electron chi connectivity index (χ2n) is 12.1. The summed E-state index contributed by atoms with van der Waals surface area (Å²) < 4.78 is 136. The second-order valence-corrected chi connectivity index (χ2v) is 14.3. The molecular weight excluding hydrogens is 614 g/mol. The number of aryl methyl sites for hydroxylation is 1. The number of aliphatic carboxylic acids is 1. The first-order valence-electron chi connectivity index (χ1n) is 13.3. The van der Waals surface area contributed by atoms with Crippen molar-refractivity contribution in [1.29, 1.82) is 0 Å².